The summed E-state index contributed by atoms with van der Waals surface area (Å²) < 4.78 is 5.98. The van der Waals surface area contributed by atoms with Crippen LogP contribution in [0.5, 0.6) is 0 Å². The highest BCUT2D eigenvalue weighted by atomic mass is 16.3. The lowest BCUT2D eigenvalue weighted by atomic mass is 9.90. The Bertz CT molecular complexity index is 1080. The molecule has 30 heavy (non-hydrogen) atoms. The molecule has 0 N–H and O–H groups in total. The van der Waals surface area contributed by atoms with Crippen LogP contribution in [0.3, 0.4) is 0 Å². The average molecular weight is 405 g/mol. The van der Waals surface area contributed by atoms with Gasteiger partial charge in [0.2, 0.25) is 11.8 Å². The molecule has 5 heteroatoms. The number of nitrogens with zero attached hydrogens (tertiary/aromatic N) is 2. The maximum Gasteiger partial charge on any atom is 0.225 e. The molecular weight excluding hydrogens is 376 g/mol. The Hall–Kier alpha value is -3.08. The van der Waals surface area contributed by atoms with Gasteiger partial charge in [-0.15, -0.1) is 0 Å². The SMILES string of the molecule is CCc1oc2ccccc2c1CN(C)C(=O)CC1c2ccccc2CCN1C(C)=O. The Morgan fingerprint density at radius 1 is 1.13 bits per heavy atom. The molecule has 5 nitrogen and oxygen atoms in total. The molecule has 1 unspecified atom stereocenters. The average Bonchev–Trinajstić information content (AvgIpc) is 3.11. The van der Waals surface area contributed by atoms with Crippen LogP contribution >= 0.6 is 0 Å². The minimum atomic E-state index is -0.214. The predicted octanol–water partition coefficient (Wildman–Crippen LogP) is 4.49. The number of para-hydroxylation sites is 1. The number of amides is 2. The zero-order valence-electron chi connectivity index (χ0n) is 17.9. The first-order valence-electron chi connectivity index (χ1n) is 10.6. The maximum absolute atomic E-state index is 13.2. The Kier molecular flexibility index (Phi) is 5.62. The summed E-state index contributed by atoms with van der Waals surface area (Å²) in [5.74, 6) is 0.957. The van der Waals surface area contributed by atoms with Crippen molar-refractivity contribution in [2.75, 3.05) is 13.6 Å². The number of hydrogen-bond donors (Lipinski definition) is 0. The quantitative estimate of drug-likeness (QED) is 0.630. The summed E-state index contributed by atoms with van der Waals surface area (Å²) >= 11 is 0. The second kappa shape index (κ2) is 8.34. The molecule has 0 saturated heterocycles. The van der Waals surface area contributed by atoms with Crippen molar-refractivity contribution in [3.8, 4) is 0 Å². The molecule has 4 rings (SSSR count). The van der Waals surface area contributed by atoms with Gasteiger partial charge in [-0.1, -0.05) is 49.4 Å². The molecule has 0 spiro atoms. The van der Waals surface area contributed by atoms with Gasteiger partial charge in [0.05, 0.1) is 12.5 Å². The Morgan fingerprint density at radius 2 is 1.87 bits per heavy atom. The number of carbonyl (C=O) groups is 2. The van der Waals surface area contributed by atoms with E-state index in [1.807, 2.05) is 54.4 Å². The van der Waals surface area contributed by atoms with Crippen molar-refractivity contribution in [3.63, 3.8) is 0 Å². The van der Waals surface area contributed by atoms with Crippen LogP contribution in [0.1, 0.15) is 48.8 Å². The molecule has 0 fully saturated rings. The lowest BCUT2D eigenvalue weighted by Gasteiger charge is -2.37. The molecule has 2 amide bonds. The van der Waals surface area contributed by atoms with Crippen LogP contribution in [0.2, 0.25) is 0 Å². The maximum atomic E-state index is 13.2. The van der Waals surface area contributed by atoms with E-state index < -0.39 is 0 Å². The third-order valence-corrected chi connectivity index (χ3v) is 6.11. The molecule has 0 saturated carbocycles. The van der Waals surface area contributed by atoms with Crippen LogP contribution in [-0.4, -0.2) is 35.2 Å². The molecule has 0 bridgehead atoms. The smallest absolute Gasteiger partial charge is 0.225 e. The third-order valence-electron chi connectivity index (χ3n) is 6.11. The Morgan fingerprint density at radius 3 is 2.63 bits per heavy atom. The fourth-order valence-electron chi connectivity index (χ4n) is 4.50. The van der Waals surface area contributed by atoms with Crippen LogP contribution in [0, 0.1) is 0 Å². The van der Waals surface area contributed by atoms with Gasteiger partial charge in [0.15, 0.2) is 0 Å². The number of furan rings is 1. The molecule has 1 atom stereocenters. The zero-order chi connectivity index (χ0) is 21.3. The number of rotatable bonds is 5. The van der Waals surface area contributed by atoms with E-state index in [0.29, 0.717) is 13.1 Å². The van der Waals surface area contributed by atoms with Gasteiger partial charge >= 0.3 is 0 Å². The van der Waals surface area contributed by atoms with Crippen molar-refractivity contribution in [1.29, 1.82) is 0 Å². The van der Waals surface area contributed by atoms with Crippen LogP contribution in [0.4, 0.5) is 0 Å². The monoisotopic (exact) mass is 404 g/mol. The van der Waals surface area contributed by atoms with Crippen LogP contribution < -0.4 is 0 Å². The van der Waals surface area contributed by atoms with Gasteiger partial charge in [-0.25, -0.2) is 0 Å². The molecule has 2 aromatic carbocycles. The summed E-state index contributed by atoms with van der Waals surface area (Å²) in [6.07, 6.45) is 1.89. The van der Waals surface area contributed by atoms with Crippen molar-refractivity contribution >= 4 is 22.8 Å². The van der Waals surface area contributed by atoms with Crippen molar-refractivity contribution in [1.82, 2.24) is 9.80 Å². The van der Waals surface area contributed by atoms with Gasteiger partial charge in [0.25, 0.3) is 0 Å². The fraction of sp³-hybridized carbons (Fsp3) is 0.360. The number of carbonyl (C=O) groups excluding carboxylic acids is 2. The van der Waals surface area contributed by atoms with E-state index in [9.17, 15) is 9.59 Å². The highest BCUT2D eigenvalue weighted by molar-refractivity contribution is 5.84. The van der Waals surface area contributed by atoms with E-state index >= 15 is 0 Å². The van der Waals surface area contributed by atoms with Gasteiger partial charge in [-0.05, 0) is 23.6 Å². The number of fused-ring (bicyclic) bond motifs is 2. The summed E-state index contributed by atoms with van der Waals surface area (Å²) in [7, 11) is 1.83. The van der Waals surface area contributed by atoms with Crippen molar-refractivity contribution in [3.05, 3.63) is 71.0 Å². The lowest BCUT2D eigenvalue weighted by Crippen LogP contribution is -2.41. The van der Waals surface area contributed by atoms with Crippen molar-refractivity contribution in [2.45, 2.75) is 45.7 Å². The second-order valence-electron chi connectivity index (χ2n) is 7.98. The molecule has 2 heterocycles. The predicted molar refractivity (Wildman–Crippen MR) is 117 cm³/mol. The van der Waals surface area contributed by atoms with Gasteiger partial charge < -0.3 is 14.2 Å². The summed E-state index contributed by atoms with van der Waals surface area (Å²) in [5.41, 5.74) is 4.24. The first-order valence-corrected chi connectivity index (χ1v) is 10.6. The fourth-order valence-corrected chi connectivity index (χ4v) is 4.50. The normalized spacial score (nSPS) is 15.8. The molecule has 1 aromatic heterocycles. The van der Waals surface area contributed by atoms with E-state index in [0.717, 1.165) is 40.7 Å². The third kappa shape index (κ3) is 3.72. The number of aryl methyl sites for hydroxylation is 1. The molecule has 1 aliphatic heterocycles. The van der Waals surface area contributed by atoms with E-state index in [2.05, 4.69) is 13.0 Å². The summed E-state index contributed by atoms with van der Waals surface area (Å²) in [6, 6.07) is 15.9. The van der Waals surface area contributed by atoms with Crippen molar-refractivity contribution in [2.24, 2.45) is 0 Å². The van der Waals surface area contributed by atoms with Crippen LogP contribution in [0.25, 0.3) is 11.0 Å². The summed E-state index contributed by atoms with van der Waals surface area (Å²) in [5, 5.41) is 1.06. The van der Waals surface area contributed by atoms with E-state index in [1.54, 1.807) is 11.8 Å². The molecule has 0 aliphatic carbocycles. The van der Waals surface area contributed by atoms with Gasteiger partial charge in [0, 0.05) is 44.4 Å². The summed E-state index contributed by atoms with van der Waals surface area (Å²) in [6.45, 7) is 4.79. The largest absolute Gasteiger partial charge is 0.461 e. The molecule has 156 valence electrons. The molecule has 1 aliphatic rings. The molecule has 0 radical (unpaired) electrons. The zero-order valence-corrected chi connectivity index (χ0v) is 17.9. The Balaban J connectivity index is 1.57. The van der Waals surface area contributed by atoms with E-state index in [1.165, 1.54) is 5.56 Å². The lowest BCUT2D eigenvalue weighted by molar-refractivity contribution is -0.136. The second-order valence-corrected chi connectivity index (χ2v) is 7.98. The van der Waals surface area contributed by atoms with Crippen LogP contribution in [0.15, 0.2) is 52.9 Å². The van der Waals surface area contributed by atoms with Crippen LogP contribution in [-0.2, 0) is 29.0 Å². The highest BCUT2D eigenvalue weighted by Gasteiger charge is 2.31. The van der Waals surface area contributed by atoms with E-state index in [-0.39, 0.29) is 24.3 Å². The van der Waals surface area contributed by atoms with Crippen molar-refractivity contribution < 1.29 is 14.0 Å². The van der Waals surface area contributed by atoms with E-state index in [4.69, 9.17) is 4.42 Å². The minimum absolute atomic E-state index is 0.0130. The van der Waals surface area contributed by atoms with Gasteiger partial charge in [-0.2, -0.15) is 0 Å². The molecule has 3 aromatic rings. The van der Waals surface area contributed by atoms with Gasteiger partial charge in [0.1, 0.15) is 11.3 Å². The standard InChI is InChI=1S/C25H28N2O3/c1-4-23-21(20-11-7-8-12-24(20)30-23)16-26(3)25(29)15-22-19-10-6-5-9-18(19)13-14-27(22)17(2)28/h5-12,22H,4,13-16H2,1-3H3. The minimum Gasteiger partial charge on any atom is -0.461 e. The highest BCUT2D eigenvalue weighted by Crippen LogP contribution is 2.33. The molecular formula is C25H28N2O3. The topological polar surface area (TPSA) is 53.8 Å². The first-order chi connectivity index (χ1) is 14.5. The Labute approximate surface area is 177 Å². The first kappa shape index (κ1) is 20.2. The number of hydrogen-bond acceptors (Lipinski definition) is 3. The number of benzene rings is 2. The summed E-state index contributed by atoms with van der Waals surface area (Å²) in [4.78, 5) is 29.0. The van der Waals surface area contributed by atoms with Gasteiger partial charge in [-0.3, -0.25) is 9.59 Å².